The number of rotatable bonds is 10. The minimum Gasteiger partial charge on any atom is -0.466 e. The molecule has 0 heterocycles. The smallest absolute Gasteiger partial charge is 0.307 e. The van der Waals surface area contributed by atoms with Crippen molar-refractivity contribution in [2.24, 2.45) is 0 Å². The highest BCUT2D eigenvalue weighted by Crippen LogP contribution is 2.12. The van der Waals surface area contributed by atoms with E-state index in [1.807, 2.05) is 0 Å². The summed E-state index contributed by atoms with van der Waals surface area (Å²) in [6.45, 7) is 4.15. The zero-order valence-electron chi connectivity index (χ0n) is 15.5. The summed E-state index contributed by atoms with van der Waals surface area (Å²) < 4.78 is 9.55. The number of hydrogen-bond acceptors (Lipinski definition) is 7. The number of amides is 2. The van der Waals surface area contributed by atoms with Crippen LogP contribution in [0.25, 0.3) is 0 Å². The second kappa shape index (κ2) is 11.5. The molecule has 0 radical (unpaired) electrons. The van der Waals surface area contributed by atoms with Gasteiger partial charge in [-0.25, -0.2) is 0 Å². The van der Waals surface area contributed by atoms with Gasteiger partial charge in [0.05, 0.1) is 26.1 Å². The third-order valence-electron chi connectivity index (χ3n) is 3.32. The second-order valence-corrected chi connectivity index (χ2v) is 5.47. The van der Waals surface area contributed by atoms with Crippen LogP contribution in [0.2, 0.25) is 0 Å². The van der Waals surface area contributed by atoms with E-state index < -0.39 is 23.8 Å². The molecule has 27 heavy (non-hydrogen) atoms. The van der Waals surface area contributed by atoms with Gasteiger partial charge in [0.2, 0.25) is 0 Å². The number of benzene rings is 1. The number of carbonyl (C=O) groups excluding carboxylic acids is 4. The molecule has 0 bridgehead atoms. The molecule has 1 aromatic rings. The quantitative estimate of drug-likeness (QED) is 0.401. The van der Waals surface area contributed by atoms with E-state index >= 15 is 0 Å². The second-order valence-electron chi connectivity index (χ2n) is 5.47. The molecule has 0 saturated heterocycles. The number of ether oxygens (including phenoxy) is 2. The zero-order chi connectivity index (χ0) is 20.2. The molecule has 4 N–H and O–H groups in total. The molecule has 0 aromatic heterocycles. The number of hydrogen-bond donors (Lipinski definition) is 3. The van der Waals surface area contributed by atoms with Crippen molar-refractivity contribution in [3.8, 4) is 0 Å². The van der Waals surface area contributed by atoms with Crippen molar-refractivity contribution in [2.75, 3.05) is 32.0 Å². The Kier molecular flexibility index (Phi) is 9.35. The van der Waals surface area contributed by atoms with Crippen LogP contribution in [-0.2, 0) is 19.1 Å². The molecule has 0 fully saturated rings. The maximum absolute atomic E-state index is 12.2. The molecular weight excluding hydrogens is 354 g/mol. The van der Waals surface area contributed by atoms with E-state index in [0.717, 1.165) is 0 Å². The zero-order valence-corrected chi connectivity index (χ0v) is 15.5. The lowest BCUT2D eigenvalue weighted by Gasteiger charge is -2.09. The topological polar surface area (TPSA) is 137 Å². The van der Waals surface area contributed by atoms with E-state index in [2.05, 4.69) is 10.6 Å². The first-order valence-corrected chi connectivity index (χ1v) is 8.65. The molecule has 0 saturated carbocycles. The van der Waals surface area contributed by atoms with Gasteiger partial charge >= 0.3 is 11.9 Å². The summed E-state index contributed by atoms with van der Waals surface area (Å²) in [5, 5.41) is 5.13. The number of nitrogens with one attached hydrogen (secondary N) is 2. The number of anilines is 1. The van der Waals surface area contributed by atoms with Crippen molar-refractivity contribution in [3.63, 3.8) is 0 Å². The van der Waals surface area contributed by atoms with E-state index in [-0.39, 0.29) is 56.0 Å². The van der Waals surface area contributed by atoms with Gasteiger partial charge in [-0.3, -0.25) is 19.2 Å². The van der Waals surface area contributed by atoms with Gasteiger partial charge in [-0.2, -0.15) is 0 Å². The van der Waals surface area contributed by atoms with Crippen LogP contribution in [0, 0.1) is 0 Å². The molecule has 0 aliphatic carbocycles. The maximum atomic E-state index is 12.2. The van der Waals surface area contributed by atoms with E-state index in [1.54, 1.807) is 13.8 Å². The highest BCUT2D eigenvalue weighted by atomic mass is 16.5. The molecule has 1 aromatic carbocycles. The Labute approximate surface area is 157 Å². The maximum Gasteiger partial charge on any atom is 0.307 e. The normalized spacial score (nSPS) is 10.0. The van der Waals surface area contributed by atoms with Crippen LogP contribution in [0.1, 0.15) is 47.4 Å². The van der Waals surface area contributed by atoms with Crippen molar-refractivity contribution in [1.82, 2.24) is 10.6 Å². The SMILES string of the molecule is CCOC(=O)CCNC(=O)c1cc(N)cc(C(=O)NCCC(=O)OCC)c1. The average molecular weight is 379 g/mol. The number of nitrogens with two attached hydrogens (primary N) is 1. The Morgan fingerprint density at radius 2 is 1.22 bits per heavy atom. The molecule has 9 nitrogen and oxygen atoms in total. The molecule has 0 atom stereocenters. The highest BCUT2D eigenvalue weighted by Gasteiger charge is 2.13. The van der Waals surface area contributed by atoms with Gasteiger partial charge in [-0.05, 0) is 32.0 Å². The average Bonchev–Trinajstić information content (AvgIpc) is 2.61. The summed E-state index contributed by atoms with van der Waals surface area (Å²) >= 11 is 0. The standard InChI is InChI=1S/C18H25N3O6/c1-3-26-15(22)5-7-20-17(24)12-9-13(11-14(19)10-12)18(25)21-8-6-16(23)27-4-2/h9-11H,3-8,19H2,1-2H3,(H,20,24)(H,21,25). The summed E-state index contributed by atoms with van der Waals surface area (Å²) in [7, 11) is 0. The molecule has 0 spiro atoms. The van der Waals surface area contributed by atoms with Crippen LogP contribution in [0.15, 0.2) is 18.2 Å². The van der Waals surface area contributed by atoms with E-state index in [9.17, 15) is 19.2 Å². The van der Waals surface area contributed by atoms with Gasteiger partial charge in [-0.15, -0.1) is 0 Å². The summed E-state index contributed by atoms with van der Waals surface area (Å²) in [6.07, 6.45) is 0.0895. The van der Waals surface area contributed by atoms with E-state index in [0.29, 0.717) is 0 Å². The van der Waals surface area contributed by atoms with Gasteiger partial charge in [0.25, 0.3) is 11.8 Å². The molecule has 1 rings (SSSR count). The summed E-state index contributed by atoms with van der Waals surface area (Å²) in [4.78, 5) is 46.9. The molecular formula is C18H25N3O6. The Hall–Kier alpha value is -3.10. The fourth-order valence-corrected chi connectivity index (χ4v) is 2.14. The summed E-state index contributed by atoms with van der Waals surface area (Å²) in [5.41, 5.74) is 6.38. The molecule has 0 aliphatic rings. The van der Waals surface area contributed by atoms with Crippen molar-refractivity contribution >= 4 is 29.4 Å². The van der Waals surface area contributed by atoms with Crippen molar-refractivity contribution in [1.29, 1.82) is 0 Å². The van der Waals surface area contributed by atoms with Gasteiger partial charge in [0, 0.05) is 29.9 Å². The third-order valence-corrected chi connectivity index (χ3v) is 3.32. The Bertz CT molecular complexity index is 635. The van der Waals surface area contributed by atoms with Gasteiger partial charge in [-0.1, -0.05) is 0 Å². The molecule has 2 amide bonds. The predicted octanol–water partition coefficient (Wildman–Crippen LogP) is 0.635. The van der Waals surface area contributed by atoms with Crippen LogP contribution in [0.3, 0.4) is 0 Å². The summed E-state index contributed by atoms with van der Waals surface area (Å²) in [6, 6.07) is 4.24. The fraction of sp³-hybridized carbons (Fsp3) is 0.444. The van der Waals surface area contributed by atoms with Crippen LogP contribution < -0.4 is 16.4 Å². The lowest BCUT2D eigenvalue weighted by Crippen LogP contribution is -2.28. The minimum atomic E-state index is -0.466. The number of nitrogen functional groups attached to an aromatic ring is 1. The van der Waals surface area contributed by atoms with Crippen molar-refractivity contribution in [3.05, 3.63) is 29.3 Å². The van der Waals surface area contributed by atoms with Gasteiger partial charge < -0.3 is 25.8 Å². The van der Waals surface area contributed by atoms with Crippen LogP contribution in [0.5, 0.6) is 0 Å². The minimum absolute atomic E-state index is 0.0447. The van der Waals surface area contributed by atoms with Crippen LogP contribution in [-0.4, -0.2) is 50.1 Å². The molecule has 148 valence electrons. The lowest BCUT2D eigenvalue weighted by molar-refractivity contribution is -0.143. The monoisotopic (exact) mass is 379 g/mol. The van der Waals surface area contributed by atoms with Gasteiger partial charge in [0.15, 0.2) is 0 Å². The number of carbonyl (C=O) groups is 4. The Balaban J connectivity index is 2.62. The highest BCUT2D eigenvalue weighted by molar-refractivity contribution is 6.01. The largest absolute Gasteiger partial charge is 0.466 e. The van der Waals surface area contributed by atoms with E-state index in [1.165, 1.54) is 18.2 Å². The first kappa shape index (κ1) is 21.9. The summed E-state index contributed by atoms with van der Waals surface area (Å²) in [5.74, 6) is -1.75. The van der Waals surface area contributed by atoms with Gasteiger partial charge in [0.1, 0.15) is 0 Å². The first-order valence-electron chi connectivity index (χ1n) is 8.65. The van der Waals surface area contributed by atoms with E-state index in [4.69, 9.17) is 15.2 Å². The molecule has 0 unspecified atom stereocenters. The first-order chi connectivity index (χ1) is 12.9. The van der Waals surface area contributed by atoms with Crippen molar-refractivity contribution < 1.29 is 28.7 Å². The fourth-order valence-electron chi connectivity index (χ4n) is 2.14. The predicted molar refractivity (Wildman–Crippen MR) is 98.0 cm³/mol. The molecule has 0 aliphatic heterocycles. The van der Waals surface area contributed by atoms with Crippen LogP contribution in [0.4, 0.5) is 5.69 Å². The Morgan fingerprint density at radius 1 is 0.815 bits per heavy atom. The number of esters is 2. The lowest BCUT2D eigenvalue weighted by atomic mass is 10.1. The Morgan fingerprint density at radius 3 is 1.59 bits per heavy atom. The third kappa shape index (κ3) is 8.21. The molecule has 9 heteroatoms. The van der Waals surface area contributed by atoms with Crippen LogP contribution >= 0.6 is 0 Å². The van der Waals surface area contributed by atoms with Crippen molar-refractivity contribution in [2.45, 2.75) is 26.7 Å².